The summed E-state index contributed by atoms with van der Waals surface area (Å²) in [6.07, 6.45) is 0. The van der Waals surface area contributed by atoms with Crippen molar-refractivity contribution < 1.29 is 9.47 Å². The molecule has 0 bridgehead atoms. The predicted octanol–water partition coefficient (Wildman–Crippen LogP) is 4.14. The van der Waals surface area contributed by atoms with Crippen LogP contribution in [-0.4, -0.2) is 62.3 Å². The maximum absolute atomic E-state index is 6.05. The van der Waals surface area contributed by atoms with Gasteiger partial charge in [-0.3, -0.25) is 0 Å². The summed E-state index contributed by atoms with van der Waals surface area (Å²) in [6.45, 7) is 3.82. The largest absolute Gasteiger partial charge is 0.493 e. The van der Waals surface area contributed by atoms with Gasteiger partial charge in [0, 0.05) is 48.2 Å². The van der Waals surface area contributed by atoms with Crippen molar-refractivity contribution in [2.45, 2.75) is 0 Å². The van der Waals surface area contributed by atoms with Gasteiger partial charge in [-0.2, -0.15) is 0 Å². The lowest BCUT2D eigenvalue weighted by Gasteiger charge is -2.34. The number of anilines is 1. The molecule has 1 saturated heterocycles. The first-order chi connectivity index (χ1) is 13.6. The summed E-state index contributed by atoms with van der Waals surface area (Å²) in [4.78, 5) is 14.4. The van der Waals surface area contributed by atoms with Gasteiger partial charge in [-0.25, -0.2) is 9.97 Å². The van der Waals surface area contributed by atoms with E-state index in [0.717, 1.165) is 48.5 Å². The summed E-state index contributed by atoms with van der Waals surface area (Å²) in [6, 6.07) is 11.5. The summed E-state index contributed by atoms with van der Waals surface area (Å²) >= 11 is 6.05. The maximum Gasteiger partial charge on any atom is 0.162 e. The predicted molar refractivity (Wildman–Crippen MR) is 120 cm³/mol. The van der Waals surface area contributed by atoms with E-state index in [1.807, 2.05) is 36.4 Å². The highest BCUT2D eigenvalue weighted by atomic mass is 35.5. The Morgan fingerprint density at radius 3 is 2.14 bits per heavy atom. The van der Waals surface area contributed by atoms with Crippen LogP contribution in [0.4, 0.5) is 5.82 Å². The molecular weight excluding hydrogens is 411 g/mol. The summed E-state index contributed by atoms with van der Waals surface area (Å²) in [7, 11) is 5.41. The quantitative estimate of drug-likeness (QED) is 0.614. The number of benzene rings is 2. The van der Waals surface area contributed by atoms with E-state index < -0.39 is 0 Å². The van der Waals surface area contributed by atoms with Crippen LogP contribution in [0.3, 0.4) is 0 Å². The molecular formula is C21H24Cl2N4O2. The monoisotopic (exact) mass is 434 g/mol. The normalized spacial score (nSPS) is 14.6. The van der Waals surface area contributed by atoms with Crippen LogP contribution in [0.5, 0.6) is 11.5 Å². The molecule has 1 aromatic heterocycles. The van der Waals surface area contributed by atoms with E-state index in [1.54, 1.807) is 14.2 Å². The smallest absolute Gasteiger partial charge is 0.162 e. The molecule has 0 amide bonds. The second-order valence-electron chi connectivity index (χ2n) is 6.89. The third kappa shape index (κ3) is 4.34. The Hall–Kier alpha value is -2.28. The van der Waals surface area contributed by atoms with Gasteiger partial charge in [-0.15, -0.1) is 12.4 Å². The second kappa shape index (κ2) is 9.03. The molecule has 1 fully saturated rings. The molecule has 0 saturated carbocycles. The summed E-state index contributed by atoms with van der Waals surface area (Å²) in [5, 5.41) is 1.65. The Morgan fingerprint density at radius 1 is 0.897 bits per heavy atom. The Morgan fingerprint density at radius 2 is 1.52 bits per heavy atom. The molecule has 3 aromatic rings. The van der Waals surface area contributed by atoms with E-state index in [4.69, 9.17) is 31.0 Å². The molecule has 6 nitrogen and oxygen atoms in total. The molecule has 1 aliphatic rings. The zero-order chi connectivity index (χ0) is 19.7. The first-order valence-electron chi connectivity index (χ1n) is 9.22. The molecule has 29 heavy (non-hydrogen) atoms. The molecule has 2 heterocycles. The molecule has 154 valence electrons. The van der Waals surface area contributed by atoms with Gasteiger partial charge in [0.25, 0.3) is 0 Å². The molecule has 0 spiro atoms. The van der Waals surface area contributed by atoms with Crippen LogP contribution in [0.15, 0.2) is 36.4 Å². The number of piperazine rings is 1. The molecule has 0 atom stereocenters. The maximum atomic E-state index is 6.05. The number of rotatable bonds is 4. The Bertz CT molecular complexity index is 990. The Balaban J connectivity index is 0.00000240. The fourth-order valence-corrected chi connectivity index (χ4v) is 3.55. The number of halogens is 2. The highest BCUT2D eigenvalue weighted by Crippen LogP contribution is 2.36. The lowest BCUT2D eigenvalue weighted by atomic mass is 10.1. The van der Waals surface area contributed by atoms with Gasteiger partial charge >= 0.3 is 0 Å². The van der Waals surface area contributed by atoms with Gasteiger partial charge in [0.1, 0.15) is 5.82 Å². The fourth-order valence-electron chi connectivity index (χ4n) is 3.43. The Kier molecular flexibility index (Phi) is 6.67. The van der Waals surface area contributed by atoms with Gasteiger partial charge in [-0.1, -0.05) is 11.6 Å². The fraction of sp³-hybridized carbons (Fsp3) is 0.333. The van der Waals surface area contributed by atoms with E-state index in [1.165, 1.54) is 0 Å². The van der Waals surface area contributed by atoms with E-state index in [-0.39, 0.29) is 12.4 Å². The standard InChI is InChI=1S/C21H23ClN4O2.ClH/c1-25-8-10-26(11-9-25)21-16-12-18(27-2)19(28-3)13-17(16)23-20(24-21)14-4-6-15(22)7-5-14;/h4-7,12-13H,8-11H2,1-3H3;1H. The number of likely N-dealkylation sites (N-methyl/N-ethyl adjacent to an activating group) is 1. The number of fused-ring (bicyclic) bond motifs is 1. The van der Waals surface area contributed by atoms with Crippen molar-refractivity contribution in [2.24, 2.45) is 0 Å². The van der Waals surface area contributed by atoms with Gasteiger partial charge in [0.2, 0.25) is 0 Å². The van der Waals surface area contributed by atoms with Crippen LogP contribution < -0.4 is 14.4 Å². The van der Waals surface area contributed by atoms with Crippen molar-refractivity contribution in [3.63, 3.8) is 0 Å². The summed E-state index contributed by atoms with van der Waals surface area (Å²) in [5.41, 5.74) is 1.75. The van der Waals surface area contributed by atoms with E-state index in [9.17, 15) is 0 Å². The van der Waals surface area contributed by atoms with E-state index in [0.29, 0.717) is 22.3 Å². The highest BCUT2D eigenvalue weighted by Gasteiger charge is 2.21. The molecule has 0 unspecified atom stereocenters. The molecule has 8 heteroatoms. The number of aromatic nitrogens is 2. The minimum atomic E-state index is 0. The van der Waals surface area contributed by atoms with Crippen LogP contribution in [0.25, 0.3) is 22.3 Å². The van der Waals surface area contributed by atoms with Crippen LogP contribution in [0.1, 0.15) is 0 Å². The van der Waals surface area contributed by atoms with Gasteiger partial charge in [0.15, 0.2) is 17.3 Å². The number of hydrogen-bond donors (Lipinski definition) is 0. The van der Waals surface area contributed by atoms with Crippen LogP contribution in [-0.2, 0) is 0 Å². The first kappa shape index (κ1) is 21.4. The lowest BCUT2D eigenvalue weighted by Crippen LogP contribution is -2.45. The van der Waals surface area contributed by atoms with Gasteiger partial charge in [0.05, 0.1) is 19.7 Å². The summed E-state index contributed by atoms with van der Waals surface area (Å²) in [5.74, 6) is 2.92. The zero-order valence-electron chi connectivity index (χ0n) is 16.7. The first-order valence-corrected chi connectivity index (χ1v) is 9.60. The average Bonchev–Trinajstić information content (AvgIpc) is 2.73. The topological polar surface area (TPSA) is 50.7 Å². The third-order valence-corrected chi connectivity index (χ3v) is 5.34. The number of hydrogen-bond acceptors (Lipinski definition) is 6. The van der Waals surface area contributed by atoms with Crippen molar-refractivity contribution in [3.8, 4) is 22.9 Å². The molecule has 0 aliphatic carbocycles. The van der Waals surface area contributed by atoms with Crippen LogP contribution >= 0.6 is 24.0 Å². The molecule has 1 aliphatic heterocycles. The number of nitrogens with zero attached hydrogens (tertiary/aromatic N) is 4. The molecule has 0 N–H and O–H groups in total. The minimum Gasteiger partial charge on any atom is -0.493 e. The van der Waals surface area contributed by atoms with Crippen LogP contribution in [0, 0.1) is 0 Å². The van der Waals surface area contributed by atoms with Crippen molar-refractivity contribution in [2.75, 3.05) is 52.3 Å². The second-order valence-corrected chi connectivity index (χ2v) is 7.33. The highest BCUT2D eigenvalue weighted by molar-refractivity contribution is 6.30. The van der Waals surface area contributed by atoms with Gasteiger partial charge in [-0.05, 0) is 37.4 Å². The number of ether oxygens (including phenoxy) is 2. The third-order valence-electron chi connectivity index (χ3n) is 5.09. The van der Waals surface area contributed by atoms with E-state index in [2.05, 4.69) is 16.8 Å². The Labute approximate surface area is 181 Å². The molecule has 2 aromatic carbocycles. The van der Waals surface area contributed by atoms with Gasteiger partial charge < -0.3 is 19.3 Å². The van der Waals surface area contributed by atoms with Crippen LogP contribution in [0.2, 0.25) is 5.02 Å². The van der Waals surface area contributed by atoms with E-state index >= 15 is 0 Å². The SMILES string of the molecule is COc1cc2nc(-c3ccc(Cl)cc3)nc(N3CCN(C)CC3)c2cc1OC.Cl. The zero-order valence-corrected chi connectivity index (χ0v) is 18.3. The minimum absolute atomic E-state index is 0. The van der Waals surface area contributed by atoms with Crippen molar-refractivity contribution in [1.29, 1.82) is 0 Å². The molecule has 4 rings (SSSR count). The number of methoxy groups -OCH3 is 2. The van der Waals surface area contributed by atoms with Crippen molar-refractivity contribution in [1.82, 2.24) is 14.9 Å². The lowest BCUT2D eigenvalue weighted by molar-refractivity contribution is 0.312. The van der Waals surface area contributed by atoms with Crippen molar-refractivity contribution in [3.05, 3.63) is 41.4 Å². The summed E-state index contributed by atoms with van der Waals surface area (Å²) < 4.78 is 11.0. The van der Waals surface area contributed by atoms with Crippen molar-refractivity contribution >= 4 is 40.7 Å². The average molecular weight is 435 g/mol. The molecule has 0 radical (unpaired) electrons.